The lowest BCUT2D eigenvalue weighted by Crippen LogP contribution is -2.47. The van der Waals surface area contributed by atoms with E-state index in [1.54, 1.807) is 11.3 Å². The fraction of sp³-hybridized carbons (Fsp3) is 0.474. The van der Waals surface area contributed by atoms with Crippen LogP contribution in [0.4, 0.5) is 5.69 Å². The van der Waals surface area contributed by atoms with Crippen molar-refractivity contribution in [3.63, 3.8) is 0 Å². The summed E-state index contributed by atoms with van der Waals surface area (Å²) < 4.78 is 0. The second-order valence-electron chi connectivity index (χ2n) is 6.46. The molecule has 0 spiro atoms. The number of hydrogen-bond donors (Lipinski definition) is 1. The van der Waals surface area contributed by atoms with Crippen LogP contribution in [0.15, 0.2) is 30.3 Å². The van der Waals surface area contributed by atoms with Crippen LogP contribution in [-0.4, -0.2) is 42.7 Å². The van der Waals surface area contributed by atoms with Crippen LogP contribution in [0.3, 0.4) is 0 Å². The number of β-amino-alcohol motifs (C(OH)–C–C–N with tert-alkyl or cyclic N) is 1. The van der Waals surface area contributed by atoms with Gasteiger partial charge in [0.2, 0.25) is 0 Å². The molecule has 3 nitrogen and oxygen atoms in total. The highest BCUT2D eigenvalue weighted by atomic mass is 32.1. The van der Waals surface area contributed by atoms with Crippen LogP contribution < -0.4 is 4.90 Å². The number of anilines is 1. The van der Waals surface area contributed by atoms with Gasteiger partial charge in [-0.05, 0) is 44.0 Å². The van der Waals surface area contributed by atoms with Gasteiger partial charge in [0.05, 0.1) is 6.10 Å². The van der Waals surface area contributed by atoms with Gasteiger partial charge in [0.25, 0.3) is 0 Å². The molecular weight excluding hydrogens is 304 g/mol. The molecule has 0 bridgehead atoms. The van der Waals surface area contributed by atoms with E-state index in [2.05, 4.69) is 60.9 Å². The number of aryl methyl sites for hydroxylation is 3. The maximum atomic E-state index is 10.5. The Labute approximate surface area is 143 Å². The molecule has 0 saturated carbocycles. The van der Waals surface area contributed by atoms with Gasteiger partial charge < -0.3 is 10.0 Å². The van der Waals surface area contributed by atoms with Gasteiger partial charge in [-0.15, -0.1) is 11.3 Å². The number of piperazine rings is 1. The molecule has 1 saturated heterocycles. The zero-order valence-electron chi connectivity index (χ0n) is 14.2. The zero-order chi connectivity index (χ0) is 16.4. The van der Waals surface area contributed by atoms with Gasteiger partial charge in [0.1, 0.15) is 0 Å². The first-order chi connectivity index (χ1) is 11.0. The van der Waals surface area contributed by atoms with E-state index in [0.717, 1.165) is 38.3 Å². The first-order valence-corrected chi connectivity index (χ1v) is 9.14. The summed E-state index contributed by atoms with van der Waals surface area (Å²) in [6.45, 7) is 11.2. The Kier molecular flexibility index (Phi) is 5.05. The van der Waals surface area contributed by atoms with E-state index >= 15 is 0 Å². The lowest BCUT2D eigenvalue weighted by atomic mass is 10.1. The van der Waals surface area contributed by atoms with Crippen molar-refractivity contribution < 1.29 is 5.11 Å². The Morgan fingerprint density at radius 2 is 1.78 bits per heavy atom. The SMILES string of the molecule is Cc1cc([C@H](O)CN2CCN(c3ccccc3C)CC2)c(C)s1. The van der Waals surface area contributed by atoms with Crippen LogP contribution in [0.25, 0.3) is 0 Å². The molecule has 124 valence electrons. The summed E-state index contributed by atoms with van der Waals surface area (Å²) in [5.74, 6) is 0. The lowest BCUT2D eigenvalue weighted by Gasteiger charge is -2.37. The molecule has 0 unspecified atom stereocenters. The lowest BCUT2D eigenvalue weighted by molar-refractivity contribution is 0.109. The largest absolute Gasteiger partial charge is 0.387 e. The summed E-state index contributed by atoms with van der Waals surface area (Å²) in [4.78, 5) is 7.36. The van der Waals surface area contributed by atoms with Gasteiger partial charge >= 0.3 is 0 Å². The molecule has 1 aliphatic heterocycles. The fourth-order valence-corrected chi connectivity index (χ4v) is 4.40. The molecule has 23 heavy (non-hydrogen) atoms. The molecule has 1 atom stereocenters. The number of aliphatic hydroxyl groups is 1. The van der Waals surface area contributed by atoms with Crippen molar-refractivity contribution in [3.05, 3.63) is 51.2 Å². The molecule has 0 amide bonds. The van der Waals surface area contributed by atoms with E-state index in [-0.39, 0.29) is 6.10 Å². The number of nitrogens with zero attached hydrogens (tertiary/aromatic N) is 2. The van der Waals surface area contributed by atoms with Gasteiger partial charge in [-0.2, -0.15) is 0 Å². The first-order valence-electron chi connectivity index (χ1n) is 8.32. The Morgan fingerprint density at radius 1 is 1.09 bits per heavy atom. The number of rotatable bonds is 4. The minimum absolute atomic E-state index is 0.370. The summed E-state index contributed by atoms with van der Waals surface area (Å²) in [7, 11) is 0. The minimum atomic E-state index is -0.370. The van der Waals surface area contributed by atoms with E-state index < -0.39 is 0 Å². The van der Waals surface area contributed by atoms with Crippen molar-refractivity contribution in [2.24, 2.45) is 0 Å². The molecule has 1 N–H and O–H groups in total. The predicted octanol–water partition coefficient (Wildman–Crippen LogP) is 3.53. The second-order valence-corrected chi connectivity index (χ2v) is 7.92. The van der Waals surface area contributed by atoms with Gasteiger partial charge in [0, 0.05) is 48.2 Å². The Bertz CT molecular complexity index is 659. The highest BCUT2D eigenvalue weighted by Crippen LogP contribution is 2.27. The molecule has 0 aliphatic carbocycles. The molecule has 3 rings (SSSR count). The van der Waals surface area contributed by atoms with Crippen LogP contribution in [0.1, 0.15) is 27.0 Å². The fourth-order valence-electron chi connectivity index (χ4n) is 3.41. The molecule has 1 fully saturated rings. The third-order valence-corrected chi connectivity index (χ3v) is 5.68. The van der Waals surface area contributed by atoms with E-state index in [1.165, 1.54) is 21.0 Å². The third-order valence-electron chi connectivity index (χ3n) is 4.70. The molecular formula is C19H26N2OS. The number of benzene rings is 1. The van der Waals surface area contributed by atoms with E-state index in [0.29, 0.717) is 0 Å². The molecule has 0 radical (unpaired) electrons. The van der Waals surface area contributed by atoms with Crippen molar-refractivity contribution in [3.8, 4) is 0 Å². The average Bonchev–Trinajstić information content (AvgIpc) is 2.87. The van der Waals surface area contributed by atoms with Crippen LogP contribution in [0, 0.1) is 20.8 Å². The second kappa shape index (κ2) is 7.04. The van der Waals surface area contributed by atoms with E-state index in [9.17, 15) is 5.11 Å². The van der Waals surface area contributed by atoms with Gasteiger partial charge in [-0.25, -0.2) is 0 Å². The van der Waals surface area contributed by atoms with Gasteiger partial charge in [0.15, 0.2) is 0 Å². The highest BCUT2D eigenvalue weighted by molar-refractivity contribution is 7.12. The van der Waals surface area contributed by atoms with E-state index in [1.807, 2.05) is 0 Å². The number of aliphatic hydroxyl groups excluding tert-OH is 1. The summed E-state index contributed by atoms with van der Waals surface area (Å²) in [6, 6.07) is 10.7. The van der Waals surface area contributed by atoms with Crippen LogP contribution in [-0.2, 0) is 0 Å². The quantitative estimate of drug-likeness (QED) is 0.929. The number of thiophene rings is 1. The van der Waals surface area contributed by atoms with Crippen LogP contribution in [0.2, 0.25) is 0 Å². The van der Waals surface area contributed by atoms with Crippen molar-refractivity contribution in [2.45, 2.75) is 26.9 Å². The Balaban J connectivity index is 1.57. The third kappa shape index (κ3) is 3.77. The van der Waals surface area contributed by atoms with Crippen molar-refractivity contribution >= 4 is 17.0 Å². The van der Waals surface area contributed by atoms with Crippen molar-refractivity contribution in [1.82, 2.24) is 4.90 Å². The Morgan fingerprint density at radius 3 is 2.39 bits per heavy atom. The normalized spacial score (nSPS) is 17.5. The zero-order valence-corrected chi connectivity index (χ0v) is 15.1. The predicted molar refractivity (Wildman–Crippen MR) is 98.6 cm³/mol. The minimum Gasteiger partial charge on any atom is -0.387 e. The molecule has 2 heterocycles. The van der Waals surface area contributed by atoms with Crippen molar-refractivity contribution in [2.75, 3.05) is 37.6 Å². The summed E-state index contributed by atoms with van der Waals surface area (Å²) in [5.41, 5.74) is 3.79. The first kappa shape index (κ1) is 16.5. The summed E-state index contributed by atoms with van der Waals surface area (Å²) >= 11 is 1.77. The van der Waals surface area contributed by atoms with Crippen LogP contribution in [0.5, 0.6) is 0 Å². The maximum Gasteiger partial charge on any atom is 0.0927 e. The summed E-state index contributed by atoms with van der Waals surface area (Å²) in [5, 5.41) is 10.5. The monoisotopic (exact) mass is 330 g/mol. The number of para-hydroxylation sites is 1. The summed E-state index contributed by atoms with van der Waals surface area (Å²) in [6.07, 6.45) is -0.370. The van der Waals surface area contributed by atoms with Gasteiger partial charge in [-0.3, -0.25) is 4.90 Å². The molecule has 1 aromatic carbocycles. The number of hydrogen-bond acceptors (Lipinski definition) is 4. The Hall–Kier alpha value is -1.36. The molecule has 2 aromatic rings. The van der Waals surface area contributed by atoms with Gasteiger partial charge in [-0.1, -0.05) is 18.2 Å². The van der Waals surface area contributed by atoms with Crippen molar-refractivity contribution in [1.29, 1.82) is 0 Å². The topological polar surface area (TPSA) is 26.7 Å². The maximum absolute atomic E-state index is 10.5. The smallest absolute Gasteiger partial charge is 0.0927 e. The molecule has 4 heteroatoms. The molecule has 1 aliphatic rings. The van der Waals surface area contributed by atoms with Crippen LogP contribution >= 0.6 is 11.3 Å². The highest BCUT2D eigenvalue weighted by Gasteiger charge is 2.22. The standard InChI is InChI=1S/C19H26N2OS/c1-14-6-4-5-7-18(14)21-10-8-20(9-11-21)13-19(22)17-12-15(2)23-16(17)3/h4-7,12,19,22H,8-11,13H2,1-3H3/t19-/m1/s1. The average molecular weight is 330 g/mol. The van der Waals surface area contributed by atoms with E-state index in [4.69, 9.17) is 0 Å². The molecule has 1 aromatic heterocycles.